The van der Waals surface area contributed by atoms with Gasteiger partial charge in [0, 0.05) is 10.0 Å². The normalized spacial score (nSPS) is 11.8. The number of hydrogen-bond donors (Lipinski definition) is 1. The van der Waals surface area contributed by atoms with E-state index in [-0.39, 0.29) is 17.3 Å². The summed E-state index contributed by atoms with van der Waals surface area (Å²) < 4.78 is 38.9. The third-order valence-corrected chi connectivity index (χ3v) is 4.59. The van der Waals surface area contributed by atoms with Crippen LogP contribution in [0.15, 0.2) is 27.6 Å². The van der Waals surface area contributed by atoms with Crippen molar-refractivity contribution in [3.8, 4) is 0 Å². The fourth-order valence-electron chi connectivity index (χ4n) is 2.06. The Balaban J connectivity index is 2.46. The summed E-state index contributed by atoms with van der Waals surface area (Å²) in [6, 6.07) is 4.68. The number of sulfonamides is 1. The van der Waals surface area contributed by atoms with Gasteiger partial charge in [-0.3, -0.25) is 4.68 Å². The van der Waals surface area contributed by atoms with Crippen molar-refractivity contribution in [1.29, 1.82) is 0 Å². The van der Waals surface area contributed by atoms with Crippen molar-refractivity contribution in [2.45, 2.75) is 25.3 Å². The maximum atomic E-state index is 13.8. The first-order valence-electron chi connectivity index (χ1n) is 5.71. The second-order valence-corrected chi connectivity index (χ2v) is 6.85. The largest absolute Gasteiger partial charge is 0.264 e. The molecule has 2 aromatic rings. The molecule has 20 heavy (non-hydrogen) atoms. The molecule has 1 heterocycles. The SMILES string of the molecule is Cc1nn(Cc2ccc(Br)cc2F)c(C)c1S(N)(=O)=O. The highest BCUT2D eigenvalue weighted by Gasteiger charge is 2.21. The Morgan fingerprint density at radius 3 is 2.55 bits per heavy atom. The first-order chi connectivity index (χ1) is 9.20. The number of primary sulfonamides is 1. The number of hydrogen-bond acceptors (Lipinski definition) is 3. The molecular formula is C12H13BrFN3O2S. The average Bonchev–Trinajstić information content (AvgIpc) is 2.57. The standard InChI is InChI=1S/C12H13BrFN3O2S/c1-7-12(20(15,18)19)8(2)17(16-7)6-9-3-4-10(13)5-11(9)14/h3-5H,6H2,1-2H3,(H2,15,18,19). The van der Waals surface area contributed by atoms with Crippen LogP contribution in [0.4, 0.5) is 4.39 Å². The predicted molar refractivity (Wildman–Crippen MR) is 76.3 cm³/mol. The molecule has 0 spiro atoms. The lowest BCUT2D eigenvalue weighted by Gasteiger charge is -2.06. The van der Waals surface area contributed by atoms with E-state index in [1.165, 1.54) is 10.7 Å². The van der Waals surface area contributed by atoms with Crippen LogP contribution < -0.4 is 5.14 Å². The fraction of sp³-hybridized carbons (Fsp3) is 0.250. The Kier molecular flexibility index (Phi) is 3.99. The van der Waals surface area contributed by atoms with Crippen LogP contribution in [0.5, 0.6) is 0 Å². The number of benzene rings is 1. The number of halogens is 2. The van der Waals surface area contributed by atoms with Gasteiger partial charge in [0.1, 0.15) is 10.7 Å². The summed E-state index contributed by atoms with van der Waals surface area (Å²) in [5, 5.41) is 9.27. The molecule has 2 rings (SSSR count). The van der Waals surface area contributed by atoms with Gasteiger partial charge in [-0.05, 0) is 26.0 Å². The van der Waals surface area contributed by atoms with Crippen LogP contribution in [0.3, 0.4) is 0 Å². The Hall–Kier alpha value is -1.25. The van der Waals surface area contributed by atoms with Gasteiger partial charge < -0.3 is 0 Å². The fourth-order valence-corrected chi connectivity index (χ4v) is 3.36. The molecule has 0 saturated heterocycles. The lowest BCUT2D eigenvalue weighted by molar-refractivity contribution is 0.576. The zero-order valence-electron chi connectivity index (χ0n) is 10.9. The minimum Gasteiger partial charge on any atom is -0.264 e. The van der Waals surface area contributed by atoms with Crippen LogP contribution in [0.25, 0.3) is 0 Å². The molecule has 0 fully saturated rings. The molecule has 0 unspecified atom stereocenters. The lowest BCUT2D eigenvalue weighted by atomic mass is 10.2. The van der Waals surface area contributed by atoms with Gasteiger partial charge in [0.2, 0.25) is 10.0 Å². The molecule has 2 N–H and O–H groups in total. The zero-order chi connectivity index (χ0) is 15.1. The Labute approximate surface area is 124 Å². The summed E-state index contributed by atoms with van der Waals surface area (Å²) in [6.07, 6.45) is 0. The van der Waals surface area contributed by atoms with E-state index in [9.17, 15) is 12.8 Å². The Morgan fingerprint density at radius 1 is 1.40 bits per heavy atom. The number of nitrogens with zero attached hydrogens (tertiary/aromatic N) is 2. The molecule has 0 saturated carbocycles. The Morgan fingerprint density at radius 2 is 2.05 bits per heavy atom. The summed E-state index contributed by atoms with van der Waals surface area (Å²) >= 11 is 3.18. The molecule has 0 atom stereocenters. The molecule has 0 radical (unpaired) electrons. The summed E-state index contributed by atoms with van der Waals surface area (Å²) in [5.41, 5.74) is 1.12. The van der Waals surface area contributed by atoms with Crippen molar-refractivity contribution >= 4 is 26.0 Å². The first-order valence-corrected chi connectivity index (χ1v) is 8.05. The van der Waals surface area contributed by atoms with Crippen molar-refractivity contribution in [1.82, 2.24) is 9.78 Å². The zero-order valence-corrected chi connectivity index (χ0v) is 13.3. The maximum Gasteiger partial charge on any atom is 0.241 e. The average molecular weight is 362 g/mol. The second kappa shape index (κ2) is 5.27. The molecule has 1 aromatic carbocycles. The maximum absolute atomic E-state index is 13.8. The van der Waals surface area contributed by atoms with Gasteiger partial charge in [0.25, 0.3) is 0 Å². The van der Waals surface area contributed by atoms with E-state index < -0.39 is 10.0 Å². The molecule has 0 bridgehead atoms. The van der Waals surface area contributed by atoms with E-state index in [1.807, 2.05) is 0 Å². The molecule has 0 aliphatic heterocycles. The number of nitrogens with two attached hydrogens (primary N) is 1. The van der Waals surface area contributed by atoms with E-state index in [4.69, 9.17) is 5.14 Å². The Bertz CT molecular complexity index is 771. The molecule has 5 nitrogen and oxygen atoms in total. The van der Waals surface area contributed by atoms with Crippen molar-refractivity contribution in [3.05, 3.63) is 45.4 Å². The van der Waals surface area contributed by atoms with Gasteiger partial charge in [-0.2, -0.15) is 5.10 Å². The predicted octanol–water partition coefficient (Wildman–Crippen LogP) is 2.10. The van der Waals surface area contributed by atoms with Gasteiger partial charge in [-0.15, -0.1) is 0 Å². The summed E-state index contributed by atoms with van der Waals surface area (Å²) in [4.78, 5) is -0.00461. The highest BCUT2D eigenvalue weighted by molar-refractivity contribution is 9.10. The number of aromatic nitrogens is 2. The van der Waals surface area contributed by atoms with Crippen LogP contribution in [-0.2, 0) is 16.6 Å². The summed E-state index contributed by atoms with van der Waals surface area (Å²) in [5.74, 6) is -0.385. The third kappa shape index (κ3) is 2.92. The summed E-state index contributed by atoms with van der Waals surface area (Å²) in [7, 11) is -3.84. The van der Waals surface area contributed by atoms with E-state index in [0.717, 1.165) is 0 Å². The highest BCUT2D eigenvalue weighted by Crippen LogP contribution is 2.21. The molecular weight excluding hydrogens is 349 g/mol. The molecule has 108 valence electrons. The van der Waals surface area contributed by atoms with Gasteiger partial charge in [0.15, 0.2) is 0 Å². The molecule has 0 amide bonds. The topological polar surface area (TPSA) is 78.0 Å². The smallest absolute Gasteiger partial charge is 0.241 e. The van der Waals surface area contributed by atoms with E-state index >= 15 is 0 Å². The first kappa shape index (κ1) is 15.1. The number of aryl methyl sites for hydroxylation is 1. The quantitative estimate of drug-likeness (QED) is 0.908. The monoisotopic (exact) mass is 361 g/mol. The van der Waals surface area contributed by atoms with Gasteiger partial charge in [0.05, 0.1) is 17.9 Å². The van der Waals surface area contributed by atoms with E-state index in [2.05, 4.69) is 21.0 Å². The van der Waals surface area contributed by atoms with Crippen molar-refractivity contribution in [3.63, 3.8) is 0 Å². The minimum absolute atomic E-state index is 0.00461. The van der Waals surface area contributed by atoms with Gasteiger partial charge in [-0.1, -0.05) is 22.0 Å². The molecule has 0 aliphatic rings. The van der Waals surface area contributed by atoms with E-state index in [1.54, 1.807) is 26.0 Å². The van der Waals surface area contributed by atoms with Crippen LogP contribution in [-0.4, -0.2) is 18.2 Å². The number of rotatable bonds is 3. The van der Waals surface area contributed by atoms with E-state index in [0.29, 0.717) is 21.4 Å². The highest BCUT2D eigenvalue weighted by atomic mass is 79.9. The van der Waals surface area contributed by atoms with Crippen molar-refractivity contribution in [2.75, 3.05) is 0 Å². The summed E-state index contributed by atoms with van der Waals surface area (Å²) in [6.45, 7) is 3.29. The van der Waals surface area contributed by atoms with Crippen LogP contribution in [0, 0.1) is 19.7 Å². The van der Waals surface area contributed by atoms with Gasteiger partial charge >= 0.3 is 0 Å². The lowest BCUT2D eigenvalue weighted by Crippen LogP contribution is -2.14. The van der Waals surface area contributed by atoms with Crippen molar-refractivity contribution < 1.29 is 12.8 Å². The van der Waals surface area contributed by atoms with Crippen LogP contribution in [0.1, 0.15) is 17.0 Å². The third-order valence-electron chi connectivity index (χ3n) is 2.93. The second-order valence-electron chi connectivity index (χ2n) is 4.44. The van der Waals surface area contributed by atoms with Crippen molar-refractivity contribution in [2.24, 2.45) is 5.14 Å². The molecule has 8 heteroatoms. The molecule has 0 aliphatic carbocycles. The van der Waals surface area contributed by atoms with Crippen LogP contribution in [0.2, 0.25) is 0 Å². The molecule has 1 aromatic heterocycles. The minimum atomic E-state index is -3.84. The van der Waals surface area contributed by atoms with Crippen LogP contribution >= 0.6 is 15.9 Å². The van der Waals surface area contributed by atoms with Gasteiger partial charge in [-0.25, -0.2) is 17.9 Å².